The maximum Gasteiger partial charge on any atom is 0.251 e. The minimum Gasteiger partial charge on any atom is -0.349 e. The van der Waals surface area contributed by atoms with Crippen molar-refractivity contribution in [2.45, 2.75) is 38.6 Å². The smallest absolute Gasteiger partial charge is 0.251 e. The Morgan fingerprint density at radius 1 is 1.23 bits per heavy atom. The summed E-state index contributed by atoms with van der Waals surface area (Å²) in [6.07, 6.45) is 4.07. The summed E-state index contributed by atoms with van der Waals surface area (Å²) in [6.45, 7) is 3.68. The molecule has 118 valence electrons. The van der Waals surface area contributed by atoms with Crippen LogP contribution >= 0.6 is 0 Å². The zero-order chi connectivity index (χ0) is 15.6. The molecule has 1 aromatic carbocycles. The number of hydrogen-bond donors (Lipinski definition) is 3. The largest absolute Gasteiger partial charge is 0.349 e. The molecule has 1 heterocycles. The van der Waals surface area contributed by atoms with Gasteiger partial charge in [0.2, 0.25) is 5.91 Å². The Labute approximate surface area is 130 Å². The Hall–Kier alpha value is -1.88. The van der Waals surface area contributed by atoms with Crippen LogP contribution < -0.4 is 16.0 Å². The molecule has 5 nitrogen and oxygen atoms in total. The van der Waals surface area contributed by atoms with Crippen molar-refractivity contribution in [2.75, 3.05) is 18.4 Å². The molecule has 0 spiro atoms. The van der Waals surface area contributed by atoms with E-state index in [1.165, 1.54) is 0 Å². The van der Waals surface area contributed by atoms with Crippen LogP contribution in [0.25, 0.3) is 0 Å². The maximum absolute atomic E-state index is 12.4. The van der Waals surface area contributed by atoms with Crippen LogP contribution in [0.15, 0.2) is 24.3 Å². The van der Waals surface area contributed by atoms with E-state index in [-0.39, 0.29) is 17.2 Å². The summed E-state index contributed by atoms with van der Waals surface area (Å²) in [5, 5.41) is 9.19. The Kier molecular flexibility index (Phi) is 4.16. The first-order valence-electron chi connectivity index (χ1n) is 8.00. The highest BCUT2D eigenvalue weighted by atomic mass is 16.2. The Balaban J connectivity index is 1.60. The van der Waals surface area contributed by atoms with Crippen LogP contribution in [0.2, 0.25) is 0 Å². The molecule has 2 fully saturated rings. The number of benzene rings is 1. The molecule has 0 radical (unpaired) electrons. The van der Waals surface area contributed by atoms with Crippen LogP contribution in [-0.4, -0.2) is 30.9 Å². The highest BCUT2D eigenvalue weighted by molar-refractivity contribution is 5.97. The second kappa shape index (κ2) is 6.08. The van der Waals surface area contributed by atoms with Gasteiger partial charge in [-0.3, -0.25) is 9.59 Å². The van der Waals surface area contributed by atoms with Crippen molar-refractivity contribution >= 4 is 17.5 Å². The molecule has 2 amide bonds. The minimum atomic E-state index is -0.361. The summed E-state index contributed by atoms with van der Waals surface area (Å²) >= 11 is 0. The van der Waals surface area contributed by atoms with Gasteiger partial charge in [-0.25, -0.2) is 0 Å². The molecule has 1 aromatic rings. The second-order valence-electron chi connectivity index (χ2n) is 6.62. The second-order valence-corrected chi connectivity index (χ2v) is 6.62. The van der Waals surface area contributed by atoms with Crippen molar-refractivity contribution in [1.29, 1.82) is 0 Å². The molecule has 1 atom stereocenters. The summed E-state index contributed by atoms with van der Waals surface area (Å²) in [5.41, 5.74) is 1.01. The van der Waals surface area contributed by atoms with Gasteiger partial charge in [0.1, 0.15) is 0 Å². The van der Waals surface area contributed by atoms with Gasteiger partial charge in [-0.05, 0) is 63.4 Å². The van der Waals surface area contributed by atoms with Crippen molar-refractivity contribution in [3.05, 3.63) is 29.8 Å². The molecular formula is C17H23N3O2. The van der Waals surface area contributed by atoms with E-state index in [4.69, 9.17) is 0 Å². The lowest BCUT2D eigenvalue weighted by atomic mass is 9.82. The van der Waals surface area contributed by atoms with Crippen LogP contribution in [-0.2, 0) is 4.79 Å². The minimum absolute atomic E-state index is 0.0369. The van der Waals surface area contributed by atoms with E-state index >= 15 is 0 Å². The molecule has 0 bridgehead atoms. The van der Waals surface area contributed by atoms with Crippen LogP contribution in [0.4, 0.5) is 5.69 Å². The average Bonchev–Trinajstić information content (AvgIpc) is 3.32. The van der Waals surface area contributed by atoms with Gasteiger partial charge in [0.05, 0.1) is 5.41 Å². The van der Waals surface area contributed by atoms with Crippen LogP contribution in [0, 0.1) is 5.41 Å². The first kappa shape index (κ1) is 15.0. The Morgan fingerprint density at radius 2 is 1.95 bits per heavy atom. The summed E-state index contributed by atoms with van der Waals surface area (Å²) in [4.78, 5) is 24.4. The number of piperidine rings is 1. The lowest BCUT2D eigenvalue weighted by molar-refractivity contribution is -0.125. The van der Waals surface area contributed by atoms with E-state index in [1.54, 1.807) is 24.3 Å². The number of carbonyl (C=O) groups is 2. The van der Waals surface area contributed by atoms with Crippen molar-refractivity contribution in [3.63, 3.8) is 0 Å². The number of carbonyl (C=O) groups excluding carboxylic acids is 2. The number of hydrogen-bond acceptors (Lipinski definition) is 3. The van der Waals surface area contributed by atoms with Gasteiger partial charge in [0.25, 0.3) is 5.91 Å². The molecule has 1 saturated carbocycles. The predicted molar refractivity (Wildman–Crippen MR) is 85.8 cm³/mol. The molecule has 0 aromatic heterocycles. The van der Waals surface area contributed by atoms with Gasteiger partial charge >= 0.3 is 0 Å². The highest BCUT2D eigenvalue weighted by Gasteiger charge is 2.34. The van der Waals surface area contributed by atoms with Crippen molar-refractivity contribution in [1.82, 2.24) is 10.6 Å². The van der Waals surface area contributed by atoms with E-state index < -0.39 is 0 Å². The number of anilines is 1. The van der Waals surface area contributed by atoms with Gasteiger partial charge < -0.3 is 16.0 Å². The third-order valence-corrected chi connectivity index (χ3v) is 4.46. The van der Waals surface area contributed by atoms with E-state index in [2.05, 4.69) is 16.0 Å². The molecule has 3 N–H and O–H groups in total. The monoisotopic (exact) mass is 301 g/mol. The van der Waals surface area contributed by atoms with Crippen molar-refractivity contribution in [2.24, 2.45) is 5.41 Å². The average molecular weight is 301 g/mol. The molecule has 1 aliphatic carbocycles. The zero-order valence-electron chi connectivity index (χ0n) is 12.9. The van der Waals surface area contributed by atoms with Gasteiger partial charge in [-0.15, -0.1) is 0 Å². The molecule has 1 aliphatic heterocycles. The lowest BCUT2D eigenvalue weighted by Crippen LogP contribution is -2.46. The van der Waals surface area contributed by atoms with Crippen molar-refractivity contribution in [3.8, 4) is 0 Å². The van der Waals surface area contributed by atoms with Gasteiger partial charge in [-0.2, -0.15) is 0 Å². The summed E-state index contributed by atoms with van der Waals surface area (Å²) in [7, 11) is 0. The van der Waals surface area contributed by atoms with Crippen LogP contribution in [0.3, 0.4) is 0 Å². The standard InChI is InChI=1S/C17H23N3O2/c1-17(9-2-10-18-11-17)16(22)20-14-5-3-12(4-6-14)15(21)19-13-7-8-13/h3-6,13,18H,2,7-11H2,1H3,(H,19,21)(H,20,22). The third-order valence-electron chi connectivity index (χ3n) is 4.46. The number of amides is 2. The molecule has 3 rings (SSSR count). The predicted octanol–water partition coefficient (Wildman–Crippen LogP) is 1.91. The van der Waals surface area contributed by atoms with Crippen LogP contribution in [0.5, 0.6) is 0 Å². The molecule has 22 heavy (non-hydrogen) atoms. The first-order chi connectivity index (χ1) is 10.6. The van der Waals surface area contributed by atoms with E-state index in [0.717, 1.165) is 37.9 Å². The van der Waals surface area contributed by atoms with E-state index in [1.807, 2.05) is 6.92 Å². The third kappa shape index (κ3) is 3.47. The van der Waals surface area contributed by atoms with Gasteiger partial charge in [-0.1, -0.05) is 0 Å². The lowest BCUT2D eigenvalue weighted by Gasteiger charge is -2.32. The van der Waals surface area contributed by atoms with Gasteiger partial charge in [0, 0.05) is 23.8 Å². The van der Waals surface area contributed by atoms with E-state index in [0.29, 0.717) is 18.2 Å². The quantitative estimate of drug-likeness (QED) is 0.795. The van der Waals surface area contributed by atoms with Crippen LogP contribution in [0.1, 0.15) is 43.0 Å². The molecule has 2 aliphatic rings. The number of nitrogens with one attached hydrogen (secondary N) is 3. The Bertz CT molecular complexity index is 558. The fourth-order valence-corrected chi connectivity index (χ4v) is 2.73. The molecular weight excluding hydrogens is 278 g/mol. The highest BCUT2D eigenvalue weighted by Crippen LogP contribution is 2.27. The van der Waals surface area contributed by atoms with E-state index in [9.17, 15) is 9.59 Å². The summed E-state index contributed by atoms with van der Waals surface area (Å²) < 4.78 is 0. The first-order valence-corrected chi connectivity index (χ1v) is 8.00. The zero-order valence-corrected chi connectivity index (χ0v) is 12.9. The number of rotatable bonds is 4. The SMILES string of the molecule is CC1(C(=O)Nc2ccc(C(=O)NC3CC3)cc2)CCCNC1. The molecule has 5 heteroatoms. The van der Waals surface area contributed by atoms with Gasteiger partial charge in [0.15, 0.2) is 0 Å². The normalized spacial score (nSPS) is 24.6. The molecule has 1 saturated heterocycles. The molecule has 1 unspecified atom stereocenters. The Morgan fingerprint density at radius 3 is 2.55 bits per heavy atom. The summed E-state index contributed by atoms with van der Waals surface area (Å²) in [5.74, 6) is -0.00120. The van der Waals surface area contributed by atoms with Crippen molar-refractivity contribution < 1.29 is 9.59 Å². The summed E-state index contributed by atoms with van der Waals surface area (Å²) in [6, 6.07) is 7.45. The fraction of sp³-hybridized carbons (Fsp3) is 0.529. The fourth-order valence-electron chi connectivity index (χ4n) is 2.73. The maximum atomic E-state index is 12.4. The topological polar surface area (TPSA) is 70.2 Å².